The summed E-state index contributed by atoms with van der Waals surface area (Å²) in [7, 11) is 0. The lowest BCUT2D eigenvalue weighted by Crippen LogP contribution is -2.22. The Morgan fingerprint density at radius 1 is 1.19 bits per heavy atom. The summed E-state index contributed by atoms with van der Waals surface area (Å²) in [5.74, 6) is 0.874. The molecule has 1 aliphatic heterocycles. The highest BCUT2D eigenvalue weighted by atomic mass is 79.9. The van der Waals surface area contributed by atoms with Crippen LogP contribution in [0.2, 0.25) is 0 Å². The Kier molecular flexibility index (Phi) is 3.62. The Morgan fingerprint density at radius 3 is 2.38 bits per heavy atom. The Balaban J connectivity index is 0.000000963. The van der Waals surface area contributed by atoms with Crippen molar-refractivity contribution in [2.24, 2.45) is 5.92 Å². The molecule has 1 aliphatic carbocycles. The lowest BCUT2D eigenvalue weighted by Gasteiger charge is -2.22. The van der Waals surface area contributed by atoms with Gasteiger partial charge in [-0.25, -0.2) is 0 Å². The SMILES string of the molecule is Brc1ccc(C2(C3CCNC3)CC2)cc1.Cl. The van der Waals surface area contributed by atoms with Crippen LogP contribution < -0.4 is 5.32 Å². The van der Waals surface area contributed by atoms with E-state index in [0.29, 0.717) is 5.41 Å². The lowest BCUT2D eigenvalue weighted by atomic mass is 9.82. The zero-order valence-electron chi connectivity index (χ0n) is 9.21. The molecule has 0 aromatic heterocycles. The number of benzene rings is 1. The molecule has 2 aliphatic rings. The summed E-state index contributed by atoms with van der Waals surface area (Å²) in [6, 6.07) is 8.96. The minimum atomic E-state index is 0. The Morgan fingerprint density at radius 2 is 1.88 bits per heavy atom. The van der Waals surface area contributed by atoms with Crippen LogP contribution in [-0.2, 0) is 5.41 Å². The quantitative estimate of drug-likeness (QED) is 0.881. The van der Waals surface area contributed by atoms with Crippen molar-refractivity contribution >= 4 is 28.3 Å². The molecule has 1 saturated heterocycles. The maximum absolute atomic E-state index is 3.50. The minimum absolute atomic E-state index is 0. The van der Waals surface area contributed by atoms with Crippen molar-refractivity contribution in [1.82, 2.24) is 5.32 Å². The second kappa shape index (κ2) is 4.67. The van der Waals surface area contributed by atoms with Crippen molar-refractivity contribution in [2.75, 3.05) is 13.1 Å². The average Bonchev–Trinajstić information content (AvgIpc) is 2.88. The second-order valence-corrected chi connectivity index (χ2v) is 5.77. The van der Waals surface area contributed by atoms with Gasteiger partial charge in [0.1, 0.15) is 0 Å². The first-order valence-electron chi connectivity index (χ1n) is 5.78. The molecule has 1 aromatic carbocycles. The van der Waals surface area contributed by atoms with E-state index in [4.69, 9.17) is 0 Å². The number of hydrogen-bond acceptors (Lipinski definition) is 1. The summed E-state index contributed by atoms with van der Waals surface area (Å²) in [4.78, 5) is 0. The molecule has 0 amide bonds. The first-order chi connectivity index (χ1) is 7.31. The molecular weight excluding hydrogens is 286 g/mol. The molecule has 1 atom stereocenters. The van der Waals surface area contributed by atoms with E-state index in [2.05, 4.69) is 45.5 Å². The molecule has 1 N–H and O–H groups in total. The van der Waals surface area contributed by atoms with Crippen LogP contribution in [0.5, 0.6) is 0 Å². The third-order valence-corrected chi connectivity index (χ3v) is 4.58. The molecule has 88 valence electrons. The van der Waals surface area contributed by atoms with Crippen LogP contribution in [0.3, 0.4) is 0 Å². The van der Waals surface area contributed by atoms with Crippen molar-refractivity contribution < 1.29 is 0 Å². The maximum atomic E-state index is 3.50. The van der Waals surface area contributed by atoms with Crippen LogP contribution in [0.15, 0.2) is 28.7 Å². The monoisotopic (exact) mass is 301 g/mol. The molecule has 3 heteroatoms. The van der Waals surface area contributed by atoms with Gasteiger partial charge in [-0.3, -0.25) is 0 Å². The van der Waals surface area contributed by atoms with E-state index < -0.39 is 0 Å². The van der Waals surface area contributed by atoms with Gasteiger partial charge in [-0.15, -0.1) is 12.4 Å². The number of halogens is 2. The summed E-state index contributed by atoms with van der Waals surface area (Å²) < 4.78 is 1.19. The normalized spacial score (nSPS) is 26.2. The highest BCUT2D eigenvalue weighted by molar-refractivity contribution is 9.10. The van der Waals surface area contributed by atoms with Crippen molar-refractivity contribution in [2.45, 2.75) is 24.7 Å². The number of nitrogens with one attached hydrogen (secondary N) is 1. The van der Waals surface area contributed by atoms with E-state index >= 15 is 0 Å². The van der Waals surface area contributed by atoms with Crippen LogP contribution in [0.25, 0.3) is 0 Å². The summed E-state index contributed by atoms with van der Waals surface area (Å²) in [6.45, 7) is 2.43. The first kappa shape index (κ1) is 12.4. The molecule has 0 bridgehead atoms. The van der Waals surface area contributed by atoms with Gasteiger partial charge in [0.2, 0.25) is 0 Å². The van der Waals surface area contributed by atoms with Crippen molar-refractivity contribution in [1.29, 1.82) is 0 Å². The highest BCUT2D eigenvalue weighted by Crippen LogP contribution is 2.55. The van der Waals surface area contributed by atoms with Crippen molar-refractivity contribution in [3.8, 4) is 0 Å². The molecule has 1 nitrogen and oxygen atoms in total. The molecular formula is C13H17BrClN. The van der Waals surface area contributed by atoms with E-state index in [0.717, 1.165) is 5.92 Å². The third kappa shape index (κ3) is 2.03. The molecule has 1 saturated carbocycles. The van der Waals surface area contributed by atoms with E-state index in [1.807, 2.05) is 0 Å². The average molecular weight is 303 g/mol. The van der Waals surface area contributed by atoms with Gasteiger partial charge in [0, 0.05) is 4.47 Å². The van der Waals surface area contributed by atoms with Crippen molar-refractivity contribution in [3.63, 3.8) is 0 Å². The van der Waals surface area contributed by atoms with E-state index in [-0.39, 0.29) is 12.4 Å². The fourth-order valence-corrected chi connectivity index (χ4v) is 3.24. The molecule has 1 unspecified atom stereocenters. The predicted molar refractivity (Wildman–Crippen MR) is 73.3 cm³/mol. The van der Waals surface area contributed by atoms with Gasteiger partial charge in [-0.1, -0.05) is 28.1 Å². The summed E-state index contributed by atoms with van der Waals surface area (Å²) in [6.07, 6.45) is 4.14. The standard InChI is InChI=1S/C13H16BrN.ClH/c14-12-3-1-10(2-4-12)13(6-7-13)11-5-8-15-9-11;/h1-4,11,15H,5-9H2;1H. The highest BCUT2D eigenvalue weighted by Gasteiger charge is 2.50. The minimum Gasteiger partial charge on any atom is -0.316 e. The molecule has 16 heavy (non-hydrogen) atoms. The topological polar surface area (TPSA) is 12.0 Å². The third-order valence-electron chi connectivity index (χ3n) is 4.05. The molecule has 0 radical (unpaired) electrons. The fraction of sp³-hybridized carbons (Fsp3) is 0.538. The van der Waals surface area contributed by atoms with Crippen LogP contribution in [0.1, 0.15) is 24.8 Å². The first-order valence-corrected chi connectivity index (χ1v) is 6.57. The smallest absolute Gasteiger partial charge is 0.0175 e. The summed E-state index contributed by atoms with van der Waals surface area (Å²) in [5.41, 5.74) is 2.09. The van der Waals surface area contributed by atoms with Gasteiger partial charge in [0.25, 0.3) is 0 Å². The van der Waals surface area contributed by atoms with Gasteiger partial charge in [-0.2, -0.15) is 0 Å². The Bertz CT molecular complexity index is 353. The zero-order valence-corrected chi connectivity index (χ0v) is 11.6. The van der Waals surface area contributed by atoms with Gasteiger partial charge in [-0.05, 0) is 61.4 Å². The Hall–Kier alpha value is -0.0500. The van der Waals surface area contributed by atoms with E-state index in [1.165, 1.54) is 36.8 Å². The lowest BCUT2D eigenvalue weighted by molar-refractivity contribution is 0.439. The molecule has 0 spiro atoms. The Labute approximate surface area is 112 Å². The van der Waals surface area contributed by atoms with Gasteiger partial charge < -0.3 is 5.32 Å². The van der Waals surface area contributed by atoms with Crippen molar-refractivity contribution in [3.05, 3.63) is 34.3 Å². The second-order valence-electron chi connectivity index (χ2n) is 4.85. The number of rotatable bonds is 2. The van der Waals surface area contributed by atoms with Crippen LogP contribution >= 0.6 is 28.3 Å². The summed E-state index contributed by atoms with van der Waals surface area (Å²) >= 11 is 3.50. The van der Waals surface area contributed by atoms with Crippen LogP contribution in [0.4, 0.5) is 0 Å². The molecule has 1 aromatic rings. The molecule has 1 heterocycles. The molecule has 3 rings (SSSR count). The maximum Gasteiger partial charge on any atom is 0.0175 e. The van der Waals surface area contributed by atoms with E-state index in [9.17, 15) is 0 Å². The van der Waals surface area contributed by atoms with E-state index in [1.54, 1.807) is 5.56 Å². The number of hydrogen-bond donors (Lipinski definition) is 1. The summed E-state index contributed by atoms with van der Waals surface area (Å²) in [5, 5.41) is 3.49. The van der Waals surface area contributed by atoms with Gasteiger partial charge in [0.05, 0.1) is 0 Å². The zero-order chi connectivity index (χ0) is 10.3. The fourth-order valence-electron chi connectivity index (χ4n) is 2.98. The molecule has 2 fully saturated rings. The van der Waals surface area contributed by atoms with Gasteiger partial charge >= 0.3 is 0 Å². The van der Waals surface area contributed by atoms with Crippen LogP contribution in [0, 0.1) is 5.92 Å². The predicted octanol–water partition coefficient (Wildman–Crippen LogP) is 3.51. The largest absolute Gasteiger partial charge is 0.316 e. The van der Waals surface area contributed by atoms with Gasteiger partial charge in [0.15, 0.2) is 0 Å². The van der Waals surface area contributed by atoms with Crippen LogP contribution in [-0.4, -0.2) is 13.1 Å².